The molecule has 3 aliphatic rings. The normalized spacial score (nSPS) is 21.4. The molecule has 10 heteroatoms. The van der Waals surface area contributed by atoms with Crippen LogP contribution in [0.2, 0.25) is 5.02 Å². The zero-order valence-electron chi connectivity index (χ0n) is 18.8. The average Bonchev–Trinajstić information content (AvgIpc) is 2.78. The average molecular weight is 490 g/mol. The van der Waals surface area contributed by atoms with Crippen molar-refractivity contribution in [1.82, 2.24) is 14.7 Å². The predicted octanol–water partition coefficient (Wildman–Crippen LogP) is 2.09. The number of carbonyl (C=O) groups is 5. The Balaban J connectivity index is 1.67. The van der Waals surface area contributed by atoms with Gasteiger partial charge in [0.1, 0.15) is 23.2 Å². The quantitative estimate of drug-likeness (QED) is 0.466. The minimum Gasteiger partial charge on any atom is -0.337 e. The predicted molar refractivity (Wildman–Crippen MR) is 120 cm³/mol. The number of Topliss-reactive ketones (excluding diaryl/α,β-unsaturated/α-hetero) is 2. The van der Waals surface area contributed by atoms with Crippen LogP contribution in [0.25, 0.3) is 0 Å². The summed E-state index contributed by atoms with van der Waals surface area (Å²) in [6.07, 6.45) is 1.68. The van der Waals surface area contributed by atoms with Crippen LogP contribution in [0.5, 0.6) is 0 Å². The second-order valence-electron chi connectivity index (χ2n) is 8.84. The Morgan fingerprint density at radius 1 is 1.06 bits per heavy atom. The molecule has 1 atom stereocenters. The van der Waals surface area contributed by atoms with Crippen LogP contribution < -0.4 is 0 Å². The summed E-state index contributed by atoms with van der Waals surface area (Å²) in [5, 5.41) is -0.0740. The van der Waals surface area contributed by atoms with E-state index in [0.29, 0.717) is 30.5 Å². The molecule has 0 N–H and O–H groups in total. The Bertz CT molecular complexity index is 1120. The van der Waals surface area contributed by atoms with Crippen molar-refractivity contribution in [3.8, 4) is 0 Å². The van der Waals surface area contributed by atoms with E-state index in [1.54, 1.807) is 0 Å². The van der Waals surface area contributed by atoms with Gasteiger partial charge in [-0.3, -0.25) is 24.0 Å². The molecule has 1 unspecified atom stereocenters. The van der Waals surface area contributed by atoms with Crippen molar-refractivity contribution in [1.29, 1.82) is 0 Å². The van der Waals surface area contributed by atoms with Crippen LogP contribution in [0.1, 0.15) is 38.2 Å². The van der Waals surface area contributed by atoms with Gasteiger partial charge in [-0.15, -0.1) is 0 Å². The van der Waals surface area contributed by atoms with Crippen molar-refractivity contribution in [2.24, 2.45) is 5.92 Å². The third kappa shape index (κ3) is 4.49. The first kappa shape index (κ1) is 24.1. The topological polar surface area (TPSA) is 95.1 Å². The minimum atomic E-state index is -1.35. The molecule has 0 bridgehead atoms. The second kappa shape index (κ2) is 9.66. The fourth-order valence-corrected chi connectivity index (χ4v) is 4.91. The Morgan fingerprint density at radius 3 is 2.50 bits per heavy atom. The summed E-state index contributed by atoms with van der Waals surface area (Å²) in [7, 11) is 0. The molecule has 1 aromatic carbocycles. The van der Waals surface area contributed by atoms with Crippen LogP contribution in [-0.4, -0.2) is 70.2 Å². The first-order valence-corrected chi connectivity index (χ1v) is 11.7. The van der Waals surface area contributed by atoms with Gasteiger partial charge in [0.25, 0.3) is 11.8 Å². The molecule has 3 heterocycles. The van der Waals surface area contributed by atoms with Crippen molar-refractivity contribution in [2.45, 2.75) is 39.2 Å². The Hall–Kier alpha value is -3.07. The van der Waals surface area contributed by atoms with Gasteiger partial charge in [0, 0.05) is 39.1 Å². The number of hydrogen-bond donors (Lipinski definition) is 0. The lowest BCUT2D eigenvalue weighted by Gasteiger charge is -2.42. The van der Waals surface area contributed by atoms with Gasteiger partial charge >= 0.3 is 0 Å². The zero-order chi connectivity index (χ0) is 24.6. The summed E-state index contributed by atoms with van der Waals surface area (Å²) in [6.45, 7) is 2.67. The maximum Gasteiger partial charge on any atom is 0.295 e. The molecular formula is C24H25ClFN3O5. The van der Waals surface area contributed by atoms with Gasteiger partial charge in [-0.25, -0.2) is 4.39 Å². The lowest BCUT2D eigenvalue weighted by molar-refractivity contribution is -0.154. The van der Waals surface area contributed by atoms with E-state index in [1.807, 2.05) is 0 Å². The van der Waals surface area contributed by atoms with E-state index in [-0.39, 0.29) is 55.5 Å². The lowest BCUT2D eigenvalue weighted by atomic mass is 9.81. The smallest absolute Gasteiger partial charge is 0.295 e. The van der Waals surface area contributed by atoms with Crippen LogP contribution in [0.15, 0.2) is 29.5 Å². The van der Waals surface area contributed by atoms with Crippen LogP contribution in [0.3, 0.4) is 0 Å². The van der Waals surface area contributed by atoms with E-state index in [2.05, 4.69) is 0 Å². The molecule has 34 heavy (non-hydrogen) atoms. The van der Waals surface area contributed by atoms with Crippen LogP contribution in [0.4, 0.5) is 4.39 Å². The van der Waals surface area contributed by atoms with Crippen LogP contribution in [0, 0.1) is 11.7 Å². The summed E-state index contributed by atoms with van der Waals surface area (Å²) in [5.41, 5.74) is 1.06. The molecule has 1 aromatic rings. The number of carbonyl (C=O) groups excluding carboxylic acids is 5. The van der Waals surface area contributed by atoms with Crippen molar-refractivity contribution >= 4 is 40.9 Å². The Labute approximate surface area is 201 Å². The number of fused-ring (bicyclic) bond motifs is 2. The molecule has 0 aliphatic carbocycles. The van der Waals surface area contributed by atoms with E-state index < -0.39 is 35.2 Å². The molecule has 0 saturated carbocycles. The van der Waals surface area contributed by atoms with E-state index in [0.717, 1.165) is 0 Å². The summed E-state index contributed by atoms with van der Waals surface area (Å²) in [4.78, 5) is 68.5. The molecule has 180 valence electrons. The molecule has 0 aromatic heterocycles. The summed E-state index contributed by atoms with van der Waals surface area (Å²) < 4.78 is 13.5. The number of ketones is 2. The highest BCUT2D eigenvalue weighted by molar-refractivity contribution is 6.43. The lowest BCUT2D eigenvalue weighted by Crippen LogP contribution is -2.57. The van der Waals surface area contributed by atoms with Gasteiger partial charge in [-0.1, -0.05) is 17.7 Å². The molecule has 3 amide bonds. The van der Waals surface area contributed by atoms with Crippen molar-refractivity contribution in [2.75, 3.05) is 26.2 Å². The van der Waals surface area contributed by atoms with Crippen LogP contribution >= 0.6 is 11.6 Å². The van der Waals surface area contributed by atoms with E-state index >= 15 is 0 Å². The highest BCUT2D eigenvalue weighted by atomic mass is 35.5. The molecule has 2 saturated heterocycles. The summed E-state index contributed by atoms with van der Waals surface area (Å²) >= 11 is 5.85. The largest absolute Gasteiger partial charge is 0.337 e. The number of rotatable bonds is 5. The van der Waals surface area contributed by atoms with Gasteiger partial charge in [0.2, 0.25) is 11.7 Å². The van der Waals surface area contributed by atoms with Crippen molar-refractivity contribution in [3.63, 3.8) is 0 Å². The molecular weight excluding hydrogens is 465 g/mol. The van der Waals surface area contributed by atoms with Crippen molar-refractivity contribution < 1.29 is 28.4 Å². The van der Waals surface area contributed by atoms with Crippen molar-refractivity contribution in [3.05, 3.63) is 45.9 Å². The molecule has 3 aliphatic heterocycles. The van der Waals surface area contributed by atoms with Gasteiger partial charge < -0.3 is 14.7 Å². The molecule has 2 fully saturated rings. The van der Waals surface area contributed by atoms with Gasteiger partial charge in [0.05, 0.1) is 5.02 Å². The summed E-state index contributed by atoms with van der Waals surface area (Å²) in [6, 6.07) is 4.12. The fraction of sp³-hybridized carbons (Fsp3) is 0.458. The maximum absolute atomic E-state index is 13.5. The molecule has 0 spiro atoms. The Morgan fingerprint density at radius 2 is 1.79 bits per heavy atom. The monoisotopic (exact) mass is 489 g/mol. The summed E-state index contributed by atoms with van der Waals surface area (Å²) in [5.74, 6) is -4.65. The first-order valence-electron chi connectivity index (χ1n) is 11.3. The maximum atomic E-state index is 13.5. The number of benzene rings is 1. The number of hydrogen-bond acceptors (Lipinski definition) is 5. The fourth-order valence-electron chi connectivity index (χ4n) is 4.71. The second-order valence-corrected chi connectivity index (χ2v) is 9.24. The molecule has 4 rings (SSSR count). The zero-order valence-corrected chi connectivity index (χ0v) is 19.6. The Kier molecular flexibility index (Phi) is 6.84. The van der Waals surface area contributed by atoms with Gasteiger partial charge in [-0.05, 0) is 49.5 Å². The standard InChI is InChI=1S/C24H25ClFN3O5/c1-14(30)6-10-27-8-2-3-9-29-20(23(27)33)16-7-11-28(22(32)19(16)21(31)24(29)34)13-15-4-5-18(26)17(25)12-15/h4-5,12,19H,2-3,6-11,13H2,1H3. The number of likely N-dealkylation sites (tertiary alicyclic amines) is 1. The van der Waals surface area contributed by atoms with E-state index in [1.165, 1.54) is 39.8 Å². The number of amides is 3. The SMILES string of the molecule is CC(=O)CCN1CCCCN2C(=O)C(=O)C3C(=O)N(Cc4ccc(F)c(Cl)c4)CCC3=C2C1=O. The van der Waals surface area contributed by atoms with Gasteiger partial charge in [-0.2, -0.15) is 0 Å². The van der Waals surface area contributed by atoms with Gasteiger partial charge in [0.15, 0.2) is 0 Å². The first-order chi connectivity index (χ1) is 16.2. The highest BCUT2D eigenvalue weighted by Crippen LogP contribution is 2.36. The van der Waals surface area contributed by atoms with E-state index in [9.17, 15) is 28.4 Å². The van der Waals surface area contributed by atoms with Crippen LogP contribution in [-0.2, 0) is 30.5 Å². The third-order valence-electron chi connectivity index (χ3n) is 6.49. The highest BCUT2D eigenvalue weighted by Gasteiger charge is 2.50. The number of piperidine rings is 1. The third-order valence-corrected chi connectivity index (χ3v) is 6.78. The van der Waals surface area contributed by atoms with E-state index in [4.69, 9.17) is 11.6 Å². The molecule has 0 radical (unpaired) electrons. The minimum absolute atomic E-state index is 0.0541. The number of nitrogens with zero attached hydrogens (tertiary/aromatic N) is 3. The number of halogens is 2. The molecule has 8 nitrogen and oxygen atoms in total.